The van der Waals surface area contributed by atoms with Crippen LogP contribution in [0.5, 0.6) is 5.75 Å². The maximum Gasteiger partial charge on any atom is 1.00 e. The molecular weight excluding hydrogens is 1150 g/mol. The van der Waals surface area contributed by atoms with Crippen molar-refractivity contribution in [3.8, 4) is 5.75 Å². The van der Waals surface area contributed by atoms with Gasteiger partial charge in [-0.3, -0.25) is 9.59 Å². The van der Waals surface area contributed by atoms with Crippen LogP contribution in [0.4, 0.5) is 11.4 Å². The summed E-state index contributed by atoms with van der Waals surface area (Å²) in [4.78, 5) is 24.9. The van der Waals surface area contributed by atoms with Gasteiger partial charge in [0.15, 0.2) is 12.3 Å². The Morgan fingerprint density at radius 3 is 1.95 bits per heavy atom. The number of allylic oxidation sites excluding steroid dienone is 5. The first-order chi connectivity index (χ1) is 33.5. The number of hydrogen-bond acceptors (Lipinski definition) is 16. The van der Waals surface area contributed by atoms with E-state index in [1.54, 1.807) is 35.5 Å². The van der Waals surface area contributed by atoms with Crippen LogP contribution in [0.2, 0.25) is 0 Å². The molecule has 0 aromatic heterocycles. The predicted octanol–water partition coefficient (Wildman–Crippen LogP) is -4.95. The van der Waals surface area contributed by atoms with E-state index in [1.165, 1.54) is 24.3 Å². The first-order valence-electron chi connectivity index (χ1n) is 23.0. The molecule has 1 saturated carbocycles. The molecule has 4 aliphatic carbocycles. The van der Waals surface area contributed by atoms with E-state index < -0.39 is 78.0 Å². The van der Waals surface area contributed by atoms with E-state index in [2.05, 4.69) is 26.6 Å². The van der Waals surface area contributed by atoms with Crippen molar-refractivity contribution < 1.29 is 159 Å². The molecule has 3 aromatic rings. The minimum atomic E-state index is -4.92. The molecule has 27 heteroatoms. The number of alkyl halides is 1. The summed E-state index contributed by atoms with van der Waals surface area (Å²) in [6.07, 6.45) is 4.55. The van der Waals surface area contributed by atoms with Gasteiger partial charge in [-0.2, -0.15) is 4.58 Å². The molecular formula is C48H52BrN4Na3O15S4. The van der Waals surface area contributed by atoms with E-state index in [0.717, 1.165) is 23.3 Å². The van der Waals surface area contributed by atoms with Crippen LogP contribution in [0.1, 0.15) is 76.5 Å². The van der Waals surface area contributed by atoms with Crippen molar-refractivity contribution in [3.63, 3.8) is 0 Å². The molecule has 19 nitrogen and oxygen atoms in total. The zero-order chi connectivity index (χ0) is 52.6. The van der Waals surface area contributed by atoms with Crippen molar-refractivity contribution in [3.05, 3.63) is 112 Å². The van der Waals surface area contributed by atoms with E-state index in [0.29, 0.717) is 102 Å². The Morgan fingerprint density at radius 2 is 1.36 bits per heavy atom. The van der Waals surface area contributed by atoms with Crippen LogP contribution in [-0.4, -0.2) is 117 Å². The average Bonchev–Trinajstić information content (AvgIpc) is 3.89. The van der Waals surface area contributed by atoms with Crippen LogP contribution in [0.15, 0.2) is 105 Å². The van der Waals surface area contributed by atoms with Gasteiger partial charge in [-0.1, -0.05) is 48.0 Å². The summed E-state index contributed by atoms with van der Waals surface area (Å²) in [5.41, 5.74) is 2.69. The quantitative estimate of drug-likeness (QED) is 0.0374. The Hall–Kier alpha value is -1.79. The standard InChI is InChI=1S/C48H55BrN4O15S4.3Na/c1-46(2)36-25-32(71(62,63)64)12-15-39(36)52(20-22-69(56,57)58)43(46)35-24-30-9-14-34(35)45(68-31-10-6-29(7-11-31)8-17-41(54)50-18-5-19-51-42(55)28-49)48(30)27-38(48)44-47(3,4)37-26-33(72(65,66)67)13-16-40(37)53(44)21-23-70(59,60)61;;;/h6-7,10-13,15-16,24-26,30H,5,8-9,14,17-23,27-28H2,1-4H3,(H5-,50,51,54,55,56,57,58,59,60,61,62,63,64,65,66,67);;;/q;3*+1/p-3. The van der Waals surface area contributed by atoms with E-state index in [9.17, 15) is 61.5 Å². The van der Waals surface area contributed by atoms with Crippen LogP contribution < -0.4 is 109 Å². The number of rotatable bonds is 19. The van der Waals surface area contributed by atoms with E-state index in [4.69, 9.17) is 4.74 Å². The number of nitrogens with one attached hydrogen (secondary N) is 2. The van der Waals surface area contributed by atoms with Crippen LogP contribution in [-0.2, 0) is 67.3 Å². The molecule has 1 spiro atoms. The second-order valence-electron chi connectivity index (χ2n) is 19.6. The molecule has 75 heavy (non-hydrogen) atoms. The van der Waals surface area contributed by atoms with Crippen molar-refractivity contribution in [1.29, 1.82) is 0 Å². The molecule has 6 aliphatic rings. The number of ether oxygens (including phenoxy) is 1. The van der Waals surface area contributed by atoms with Crippen LogP contribution >= 0.6 is 15.9 Å². The van der Waals surface area contributed by atoms with Gasteiger partial charge in [0.1, 0.15) is 41.9 Å². The zero-order valence-corrected chi connectivity index (χ0v) is 53.5. The normalized spacial score (nSPS) is 21.1. The van der Waals surface area contributed by atoms with Crippen LogP contribution in [0.25, 0.3) is 0 Å². The second-order valence-corrected chi connectivity index (χ2v) is 26.0. The molecule has 0 radical (unpaired) electrons. The molecule has 2 heterocycles. The number of fused-ring (bicyclic) bond motifs is 3. The maximum atomic E-state index is 12.7. The SMILES string of the molecule is CC1(C)C(=C2CC23C(Oc2ccc(CCC(=O)NCCCNC(=O)CBr)cc2)=C2CCC3C=C2C2=[N+](CCS(=O)(=O)[O-])c3ccc(S(=O)(=O)[O-])cc3C2(C)C)N(CCS(=O)(=O)[O-])c2ccc(S(=O)(=O)[O-])cc21.[Na+].[Na+].[Na+]. The van der Waals surface area contributed by atoms with Gasteiger partial charge in [-0.05, 0) is 111 Å². The van der Waals surface area contributed by atoms with E-state index in [-0.39, 0.29) is 131 Å². The summed E-state index contributed by atoms with van der Waals surface area (Å²) in [5, 5.41) is 5.76. The molecule has 2 N–H and O–H groups in total. The predicted molar refractivity (Wildman–Crippen MR) is 263 cm³/mol. The molecule has 2 unspecified atom stereocenters. The first-order valence-corrected chi connectivity index (χ1v) is 30.1. The fourth-order valence-electron chi connectivity index (χ4n) is 11.0. The Bertz CT molecular complexity index is 3400. The molecule has 3 aromatic carbocycles. The Kier molecular flexibility index (Phi) is 20.3. The molecule has 0 saturated heterocycles. The smallest absolute Gasteiger partial charge is 0.748 e. The van der Waals surface area contributed by atoms with E-state index in [1.807, 2.05) is 32.1 Å². The number of aryl methyl sites for hydroxylation is 1. The summed E-state index contributed by atoms with van der Waals surface area (Å²) in [7, 11) is -19.4. The molecule has 1 fully saturated rings. The number of hydrogen-bond donors (Lipinski definition) is 2. The van der Waals surface area contributed by atoms with Gasteiger partial charge in [0, 0.05) is 65.6 Å². The summed E-state index contributed by atoms with van der Waals surface area (Å²) >= 11 is 3.09. The largest absolute Gasteiger partial charge is 1.00 e. The van der Waals surface area contributed by atoms with Gasteiger partial charge in [0.05, 0.1) is 47.6 Å². The molecule has 2 aliphatic heterocycles. The fraction of sp³-hybridized carbons (Fsp3) is 0.438. The number of benzene rings is 3. The molecule has 9 rings (SSSR count). The average molecular weight is 1200 g/mol. The van der Waals surface area contributed by atoms with Crippen molar-refractivity contribution in [1.82, 2.24) is 10.6 Å². The number of carbonyl (C=O) groups is 2. The summed E-state index contributed by atoms with van der Waals surface area (Å²) in [6.45, 7) is 7.44. The molecule has 2 bridgehead atoms. The number of anilines is 1. The second kappa shape index (κ2) is 23.7. The summed E-state index contributed by atoms with van der Waals surface area (Å²) in [6, 6.07) is 14.8. The zero-order valence-electron chi connectivity index (χ0n) is 42.6. The molecule has 2 amide bonds. The topological polar surface area (TPSA) is 302 Å². The molecule has 388 valence electrons. The third-order valence-electron chi connectivity index (χ3n) is 14.3. The van der Waals surface area contributed by atoms with Crippen molar-refractivity contribution in [2.75, 3.05) is 47.9 Å². The minimum absolute atomic E-state index is 0. The van der Waals surface area contributed by atoms with Gasteiger partial charge in [0.2, 0.25) is 17.5 Å². The Morgan fingerprint density at radius 1 is 0.773 bits per heavy atom. The first kappa shape index (κ1) is 64.0. The van der Waals surface area contributed by atoms with Gasteiger partial charge in [-0.25, -0.2) is 33.7 Å². The third-order valence-corrected chi connectivity index (χ3v) is 17.9. The number of halogens is 1. The van der Waals surface area contributed by atoms with Crippen LogP contribution in [0.3, 0.4) is 0 Å². The van der Waals surface area contributed by atoms with Gasteiger partial charge in [0.25, 0.3) is 0 Å². The Labute approximate surface area is 512 Å². The fourth-order valence-corrected chi connectivity index (χ4v) is 13.0. The summed E-state index contributed by atoms with van der Waals surface area (Å²) in [5.74, 6) is -1.38. The molecule has 2 atom stereocenters. The van der Waals surface area contributed by atoms with E-state index >= 15 is 0 Å². The number of amides is 2. The van der Waals surface area contributed by atoms with Crippen molar-refractivity contribution >= 4 is 85.3 Å². The maximum absolute atomic E-state index is 12.7. The number of carbonyl (C=O) groups excluding carboxylic acids is 2. The third kappa shape index (κ3) is 13.4. The summed E-state index contributed by atoms with van der Waals surface area (Å²) < 4.78 is 156. The van der Waals surface area contributed by atoms with Gasteiger partial charge < -0.3 is 38.5 Å². The number of nitrogens with zero attached hydrogens (tertiary/aromatic N) is 2. The van der Waals surface area contributed by atoms with Crippen molar-refractivity contribution in [2.24, 2.45) is 11.3 Å². The van der Waals surface area contributed by atoms with Crippen molar-refractivity contribution in [2.45, 2.75) is 86.8 Å². The van der Waals surface area contributed by atoms with Gasteiger partial charge >= 0.3 is 88.7 Å². The minimum Gasteiger partial charge on any atom is -0.748 e. The monoisotopic (exact) mass is 1200 g/mol. The van der Waals surface area contributed by atoms with Crippen LogP contribution in [0, 0.1) is 11.3 Å². The van der Waals surface area contributed by atoms with Gasteiger partial charge in [-0.15, -0.1) is 0 Å². The Balaban J connectivity index is 0.00000347.